The lowest BCUT2D eigenvalue weighted by molar-refractivity contribution is -0.132. The summed E-state index contributed by atoms with van der Waals surface area (Å²) in [4.78, 5) is 57.3. The van der Waals surface area contributed by atoms with Crippen LogP contribution in [-0.4, -0.2) is 54.0 Å². The smallest absolute Gasteiger partial charge is 0.350 e. The van der Waals surface area contributed by atoms with Crippen molar-refractivity contribution >= 4 is 45.9 Å². The molecule has 42 heavy (non-hydrogen) atoms. The molecule has 0 aliphatic carbocycles. The van der Waals surface area contributed by atoms with Crippen LogP contribution >= 0.6 is 11.3 Å². The Morgan fingerprint density at radius 3 is 2.36 bits per heavy atom. The number of aliphatic hydroxyl groups is 1. The SMILES string of the molecule is C=CCOC(=O)c1sc(N2C(=O)C(=O)C(=C(O)c3ccc(OCCCC)cc3)C2c2ccc(C(=O)OC)cc2)nc1C. The zero-order valence-electron chi connectivity index (χ0n) is 23.4. The van der Waals surface area contributed by atoms with Gasteiger partial charge in [-0.3, -0.25) is 14.5 Å². The summed E-state index contributed by atoms with van der Waals surface area (Å²) in [6.45, 7) is 7.71. The molecule has 1 N–H and O–H groups in total. The number of ether oxygens (including phenoxy) is 3. The highest BCUT2D eigenvalue weighted by molar-refractivity contribution is 7.17. The maximum absolute atomic E-state index is 13.5. The van der Waals surface area contributed by atoms with E-state index in [1.54, 1.807) is 43.3 Å². The summed E-state index contributed by atoms with van der Waals surface area (Å²) in [5, 5.41) is 11.5. The molecular weight excluding hydrogens is 560 g/mol. The minimum atomic E-state index is -1.11. The van der Waals surface area contributed by atoms with Gasteiger partial charge in [-0.15, -0.1) is 0 Å². The third kappa shape index (κ3) is 6.10. The number of thiazole rings is 1. The maximum Gasteiger partial charge on any atom is 0.350 e. The fourth-order valence-electron chi connectivity index (χ4n) is 4.34. The highest BCUT2D eigenvalue weighted by Crippen LogP contribution is 2.44. The van der Waals surface area contributed by atoms with Crippen molar-refractivity contribution in [2.75, 3.05) is 25.2 Å². The highest BCUT2D eigenvalue weighted by Gasteiger charge is 2.48. The van der Waals surface area contributed by atoms with Crippen molar-refractivity contribution in [1.82, 2.24) is 4.98 Å². The zero-order valence-corrected chi connectivity index (χ0v) is 24.2. The van der Waals surface area contributed by atoms with E-state index < -0.39 is 35.4 Å². The van der Waals surface area contributed by atoms with Crippen LogP contribution in [0, 0.1) is 6.92 Å². The molecule has 0 bridgehead atoms. The van der Waals surface area contributed by atoms with E-state index in [0.29, 0.717) is 29.2 Å². The van der Waals surface area contributed by atoms with Gasteiger partial charge in [0.25, 0.3) is 5.78 Å². The van der Waals surface area contributed by atoms with Gasteiger partial charge in [0, 0.05) is 5.56 Å². The van der Waals surface area contributed by atoms with Crippen molar-refractivity contribution in [3.63, 3.8) is 0 Å². The molecule has 10 nitrogen and oxygen atoms in total. The van der Waals surface area contributed by atoms with Crippen LogP contribution < -0.4 is 9.64 Å². The molecule has 11 heteroatoms. The summed E-state index contributed by atoms with van der Waals surface area (Å²) >= 11 is 0.890. The zero-order chi connectivity index (χ0) is 30.4. The van der Waals surface area contributed by atoms with Crippen molar-refractivity contribution in [1.29, 1.82) is 0 Å². The number of esters is 2. The Morgan fingerprint density at radius 2 is 1.74 bits per heavy atom. The second-order valence-corrected chi connectivity index (χ2v) is 10.3. The summed E-state index contributed by atoms with van der Waals surface area (Å²) in [5.74, 6) is -2.86. The van der Waals surface area contributed by atoms with Gasteiger partial charge in [0.05, 0.1) is 36.6 Å². The van der Waals surface area contributed by atoms with Crippen molar-refractivity contribution in [2.45, 2.75) is 32.7 Å². The molecule has 0 radical (unpaired) electrons. The normalized spacial score (nSPS) is 15.9. The monoisotopic (exact) mass is 590 g/mol. The Kier molecular flexibility index (Phi) is 9.53. The number of ketones is 1. The van der Waals surface area contributed by atoms with Gasteiger partial charge in [-0.2, -0.15) is 0 Å². The Labute approximate surface area is 246 Å². The van der Waals surface area contributed by atoms with Crippen LogP contribution in [0.15, 0.2) is 66.8 Å². The molecule has 2 heterocycles. The number of anilines is 1. The molecule has 0 saturated carbocycles. The summed E-state index contributed by atoms with van der Waals surface area (Å²) in [5.41, 5.74) is 1.12. The first kappa shape index (κ1) is 30.2. The molecule has 4 rings (SSSR count). The average Bonchev–Trinajstić information content (AvgIpc) is 3.51. The number of unbranched alkanes of at least 4 members (excludes halogenated alkanes) is 1. The van der Waals surface area contributed by atoms with Gasteiger partial charge in [0.2, 0.25) is 0 Å². The van der Waals surface area contributed by atoms with Gasteiger partial charge in [0.1, 0.15) is 23.0 Å². The van der Waals surface area contributed by atoms with Crippen LogP contribution in [0.3, 0.4) is 0 Å². The molecule has 1 fully saturated rings. The van der Waals surface area contributed by atoms with Gasteiger partial charge >= 0.3 is 17.8 Å². The number of nitrogens with zero attached hydrogens (tertiary/aromatic N) is 2. The molecule has 1 aliphatic rings. The van der Waals surface area contributed by atoms with Crippen LogP contribution in [0.25, 0.3) is 5.76 Å². The van der Waals surface area contributed by atoms with Gasteiger partial charge in [0.15, 0.2) is 5.13 Å². The average molecular weight is 591 g/mol. The summed E-state index contributed by atoms with van der Waals surface area (Å²) in [7, 11) is 1.26. The standard InChI is InChI=1S/C31H30N2O8S/c1-5-7-17-40-22-14-12-20(13-15-22)25(34)23-24(19-8-10-21(11-9-19)29(37)39-4)33(28(36)26(23)35)31-32-18(3)27(42-31)30(38)41-16-6-2/h6,8-15,24,34H,2,5,7,16-17H2,1,3-4H3. The Balaban J connectivity index is 1.81. The van der Waals surface area contributed by atoms with E-state index >= 15 is 0 Å². The highest BCUT2D eigenvalue weighted by atomic mass is 32.1. The number of amides is 1. The van der Waals surface area contributed by atoms with E-state index in [1.165, 1.54) is 25.3 Å². The number of rotatable bonds is 11. The first-order valence-electron chi connectivity index (χ1n) is 13.2. The van der Waals surface area contributed by atoms with E-state index in [9.17, 15) is 24.3 Å². The number of aryl methyl sites for hydroxylation is 1. The van der Waals surface area contributed by atoms with E-state index in [-0.39, 0.29) is 27.8 Å². The number of benzene rings is 2. The molecule has 1 aromatic heterocycles. The molecule has 2 aromatic carbocycles. The Hall–Kier alpha value is -4.77. The molecule has 1 atom stereocenters. The fraction of sp³-hybridized carbons (Fsp3) is 0.258. The number of methoxy groups -OCH3 is 1. The number of hydrogen-bond donors (Lipinski definition) is 1. The second-order valence-electron chi connectivity index (χ2n) is 9.31. The molecule has 0 spiro atoms. The predicted octanol–water partition coefficient (Wildman–Crippen LogP) is 5.39. The lowest BCUT2D eigenvalue weighted by Crippen LogP contribution is -2.29. The predicted molar refractivity (Wildman–Crippen MR) is 157 cm³/mol. The number of hydrogen-bond acceptors (Lipinski definition) is 10. The van der Waals surface area contributed by atoms with Gasteiger partial charge in [-0.05, 0) is 55.3 Å². The quantitative estimate of drug-likeness (QED) is 0.0780. The second kappa shape index (κ2) is 13.3. The summed E-state index contributed by atoms with van der Waals surface area (Å²) < 4.78 is 15.6. The largest absolute Gasteiger partial charge is 0.507 e. The number of carbonyl (C=O) groups excluding carboxylic acids is 4. The summed E-state index contributed by atoms with van der Waals surface area (Å²) in [6.07, 6.45) is 3.30. The van der Waals surface area contributed by atoms with Crippen LogP contribution in [-0.2, 0) is 19.1 Å². The third-order valence-corrected chi connectivity index (χ3v) is 7.63. The lowest BCUT2D eigenvalue weighted by atomic mass is 9.94. The topological polar surface area (TPSA) is 132 Å². The molecule has 1 aliphatic heterocycles. The van der Waals surface area contributed by atoms with Crippen molar-refractivity contribution in [2.24, 2.45) is 0 Å². The minimum absolute atomic E-state index is 0.00893. The minimum Gasteiger partial charge on any atom is -0.507 e. The van der Waals surface area contributed by atoms with Crippen molar-refractivity contribution in [3.8, 4) is 5.75 Å². The van der Waals surface area contributed by atoms with Crippen molar-refractivity contribution in [3.05, 3.63) is 94.0 Å². The van der Waals surface area contributed by atoms with E-state index in [4.69, 9.17) is 14.2 Å². The van der Waals surface area contributed by atoms with E-state index in [2.05, 4.69) is 18.5 Å². The molecule has 218 valence electrons. The maximum atomic E-state index is 13.5. The van der Waals surface area contributed by atoms with Crippen LogP contribution in [0.4, 0.5) is 5.13 Å². The van der Waals surface area contributed by atoms with E-state index in [1.807, 2.05) is 0 Å². The van der Waals surface area contributed by atoms with E-state index in [0.717, 1.165) is 29.1 Å². The molecular formula is C31H30N2O8S. The lowest BCUT2D eigenvalue weighted by Gasteiger charge is -2.23. The van der Waals surface area contributed by atoms with Crippen LogP contribution in [0.2, 0.25) is 0 Å². The summed E-state index contributed by atoms with van der Waals surface area (Å²) in [6, 6.07) is 11.6. The van der Waals surface area contributed by atoms with Gasteiger partial charge in [-0.25, -0.2) is 14.6 Å². The first-order valence-corrected chi connectivity index (χ1v) is 14.0. The Bertz CT molecular complexity index is 1540. The molecule has 1 unspecified atom stereocenters. The number of aliphatic hydroxyl groups excluding tert-OH is 1. The molecule has 3 aromatic rings. The fourth-order valence-corrected chi connectivity index (χ4v) is 5.33. The first-order chi connectivity index (χ1) is 20.2. The number of aromatic nitrogens is 1. The van der Waals surface area contributed by atoms with Gasteiger partial charge in [-0.1, -0.05) is 49.5 Å². The number of Topliss-reactive ketones (excluding diaryl/α,β-unsaturated/α-hetero) is 1. The van der Waals surface area contributed by atoms with Crippen LogP contribution in [0.1, 0.15) is 62.7 Å². The van der Waals surface area contributed by atoms with Crippen molar-refractivity contribution < 1.29 is 38.5 Å². The molecule has 1 saturated heterocycles. The third-order valence-electron chi connectivity index (χ3n) is 6.50. The Morgan fingerprint density at radius 1 is 1.07 bits per heavy atom. The van der Waals surface area contributed by atoms with Crippen LogP contribution in [0.5, 0.6) is 5.75 Å². The number of carbonyl (C=O) groups is 4. The van der Waals surface area contributed by atoms with Gasteiger partial charge < -0.3 is 19.3 Å². The molecule has 1 amide bonds.